The molecule has 0 fully saturated rings. The second-order valence-electron chi connectivity index (χ2n) is 2.74. The maximum absolute atomic E-state index is 11.1. The Morgan fingerprint density at radius 2 is 1.87 bits per heavy atom. The summed E-state index contributed by atoms with van der Waals surface area (Å²) < 4.78 is 4.83. The van der Waals surface area contributed by atoms with Gasteiger partial charge in [0.25, 0.3) is 0 Å². The van der Waals surface area contributed by atoms with Crippen molar-refractivity contribution in [3.63, 3.8) is 0 Å². The van der Waals surface area contributed by atoms with Crippen molar-refractivity contribution >= 4 is 23.4 Å². The van der Waals surface area contributed by atoms with Gasteiger partial charge in [-0.3, -0.25) is 4.79 Å². The standard InChI is InChI=1S/C10H9ClO4/c11-5-9(12)7-1-3-8(4-2-7)15-6-10(13)14/h1-4H,5-6H2,(H,13,14)/p-1. The maximum atomic E-state index is 11.1. The number of carboxylic acids is 1. The van der Waals surface area contributed by atoms with Gasteiger partial charge in [0.2, 0.25) is 0 Å². The smallest absolute Gasteiger partial charge is 0.177 e. The number of Topliss-reactive ketones (excluding diaryl/α,β-unsaturated/α-hetero) is 1. The van der Waals surface area contributed by atoms with Crippen molar-refractivity contribution in [3.8, 4) is 5.75 Å². The fourth-order valence-corrected chi connectivity index (χ4v) is 1.11. The van der Waals surface area contributed by atoms with Crippen molar-refractivity contribution in [1.29, 1.82) is 0 Å². The molecule has 0 bridgehead atoms. The first-order chi connectivity index (χ1) is 7.13. The normalized spacial score (nSPS) is 9.67. The molecule has 0 amide bonds. The topological polar surface area (TPSA) is 66.4 Å². The number of alkyl halides is 1. The average molecular weight is 228 g/mol. The van der Waals surface area contributed by atoms with Gasteiger partial charge in [0.05, 0.1) is 11.8 Å². The summed E-state index contributed by atoms with van der Waals surface area (Å²) in [7, 11) is 0. The number of aliphatic carboxylic acids is 1. The lowest BCUT2D eigenvalue weighted by atomic mass is 10.1. The molecule has 0 atom stereocenters. The highest BCUT2D eigenvalue weighted by Gasteiger charge is 2.03. The van der Waals surface area contributed by atoms with Crippen molar-refractivity contribution in [1.82, 2.24) is 0 Å². The highest BCUT2D eigenvalue weighted by molar-refractivity contribution is 6.30. The SMILES string of the molecule is O=C([O-])COc1ccc(C(=O)CCl)cc1. The monoisotopic (exact) mass is 227 g/mol. The van der Waals surface area contributed by atoms with Gasteiger partial charge >= 0.3 is 0 Å². The van der Waals surface area contributed by atoms with Gasteiger partial charge in [0, 0.05) is 5.56 Å². The molecule has 4 nitrogen and oxygen atoms in total. The molecule has 0 saturated heterocycles. The van der Waals surface area contributed by atoms with Crippen molar-refractivity contribution in [2.24, 2.45) is 0 Å². The third kappa shape index (κ3) is 3.59. The van der Waals surface area contributed by atoms with Gasteiger partial charge in [-0.05, 0) is 24.3 Å². The Hall–Kier alpha value is -1.55. The predicted octanol–water partition coefficient (Wildman–Crippen LogP) is 0.237. The molecular weight excluding hydrogens is 220 g/mol. The van der Waals surface area contributed by atoms with E-state index in [0.717, 1.165) is 0 Å². The van der Waals surface area contributed by atoms with Crippen LogP contribution in [0.4, 0.5) is 0 Å². The summed E-state index contributed by atoms with van der Waals surface area (Å²) in [5, 5.41) is 10.1. The van der Waals surface area contributed by atoms with Crippen molar-refractivity contribution in [2.75, 3.05) is 12.5 Å². The third-order valence-corrected chi connectivity index (χ3v) is 1.90. The number of halogens is 1. The quantitative estimate of drug-likeness (QED) is 0.534. The first kappa shape index (κ1) is 11.5. The van der Waals surface area contributed by atoms with Crippen LogP contribution < -0.4 is 9.84 Å². The van der Waals surface area contributed by atoms with Crippen molar-refractivity contribution in [3.05, 3.63) is 29.8 Å². The molecule has 0 aliphatic heterocycles. The number of hydrogen-bond acceptors (Lipinski definition) is 4. The van der Waals surface area contributed by atoms with Crippen LogP contribution in [-0.2, 0) is 4.79 Å². The van der Waals surface area contributed by atoms with E-state index in [2.05, 4.69) is 0 Å². The minimum absolute atomic E-state index is 0.0841. The molecule has 0 aromatic heterocycles. The van der Waals surface area contributed by atoms with Crippen molar-refractivity contribution in [2.45, 2.75) is 0 Å². The van der Waals surface area contributed by atoms with E-state index in [1.807, 2.05) is 0 Å². The van der Waals surface area contributed by atoms with Crippen LogP contribution in [0, 0.1) is 0 Å². The minimum Gasteiger partial charge on any atom is -0.546 e. The molecule has 0 spiro atoms. The van der Waals surface area contributed by atoms with Crippen LogP contribution in [0.5, 0.6) is 5.75 Å². The molecule has 0 N–H and O–H groups in total. The summed E-state index contributed by atoms with van der Waals surface area (Å²) in [5.74, 6) is -1.21. The minimum atomic E-state index is -1.30. The zero-order chi connectivity index (χ0) is 11.3. The molecule has 15 heavy (non-hydrogen) atoms. The van der Waals surface area contributed by atoms with E-state index in [1.54, 1.807) is 0 Å². The summed E-state index contributed by atoms with van der Waals surface area (Å²) in [5.41, 5.74) is 0.464. The molecule has 0 unspecified atom stereocenters. The summed E-state index contributed by atoms with van der Waals surface area (Å²) in [6, 6.07) is 6.05. The fourth-order valence-electron chi connectivity index (χ4n) is 0.956. The number of rotatable bonds is 5. The third-order valence-electron chi connectivity index (χ3n) is 1.65. The van der Waals surface area contributed by atoms with Gasteiger partial charge in [-0.15, -0.1) is 11.6 Å². The lowest BCUT2D eigenvalue weighted by Crippen LogP contribution is -2.28. The van der Waals surface area contributed by atoms with Crippen molar-refractivity contribution < 1.29 is 19.4 Å². The molecule has 0 aliphatic rings. The molecule has 80 valence electrons. The molecular formula is C10H8ClO4-. The van der Waals surface area contributed by atoms with Crippen LogP contribution in [-0.4, -0.2) is 24.2 Å². The van der Waals surface area contributed by atoms with E-state index in [9.17, 15) is 14.7 Å². The lowest BCUT2D eigenvalue weighted by Gasteiger charge is -2.06. The van der Waals surface area contributed by atoms with Gasteiger partial charge in [-0.1, -0.05) is 0 Å². The Bertz CT molecular complexity index is 358. The molecule has 0 radical (unpaired) electrons. The first-order valence-corrected chi connectivity index (χ1v) is 4.69. The molecule has 1 rings (SSSR count). The Labute approximate surface area is 91.4 Å². The molecule has 5 heteroatoms. The van der Waals surface area contributed by atoms with Gasteiger partial charge in [0.1, 0.15) is 12.4 Å². The summed E-state index contributed by atoms with van der Waals surface area (Å²) >= 11 is 5.36. The molecule has 1 aromatic rings. The number of hydrogen-bond donors (Lipinski definition) is 0. The van der Waals surface area contributed by atoms with Crippen LogP contribution in [0.2, 0.25) is 0 Å². The molecule has 0 saturated carbocycles. The number of ketones is 1. The number of carbonyl (C=O) groups excluding carboxylic acids is 2. The van der Waals surface area contributed by atoms with E-state index in [0.29, 0.717) is 11.3 Å². The largest absolute Gasteiger partial charge is 0.546 e. The van der Waals surface area contributed by atoms with Crippen LogP contribution in [0.25, 0.3) is 0 Å². The Balaban J connectivity index is 2.64. The highest BCUT2D eigenvalue weighted by Crippen LogP contribution is 2.12. The maximum Gasteiger partial charge on any atom is 0.177 e. The van der Waals surface area contributed by atoms with Crippen LogP contribution >= 0.6 is 11.6 Å². The molecule has 0 aliphatic carbocycles. The van der Waals surface area contributed by atoms with Gasteiger partial charge in [-0.25, -0.2) is 0 Å². The number of carboxylic acid groups (broad SMARTS) is 1. The number of benzene rings is 1. The number of carbonyl (C=O) groups is 2. The van der Waals surface area contributed by atoms with Gasteiger partial charge in [0.15, 0.2) is 5.78 Å². The molecule has 1 aromatic carbocycles. The summed E-state index contributed by atoms with van der Waals surface area (Å²) in [6.45, 7) is -0.511. The van der Waals surface area contributed by atoms with E-state index >= 15 is 0 Å². The van der Waals surface area contributed by atoms with Crippen LogP contribution in [0.1, 0.15) is 10.4 Å². The fraction of sp³-hybridized carbons (Fsp3) is 0.200. The predicted molar refractivity (Wildman–Crippen MR) is 52.0 cm³/mol. The van der Waals surface area contributed by atoms with Crippen LogP contribution in [0.3, 0.4) is 0 Å². The Morgan fingerprint density at radius 1 is 1.27 bits per heavy atom. The zero-order valence-electron chi connectivity index (χ0n) is 7.73. The molecule has 0 heterocycles. The van der Waals surface area contributed by atoms with E-state index in [4.69, 9.17) is 16.3 Å². The average Bonchev–Trinajstić information content (AvgIpc) is 2.26. The Kier molecular flexibility index (Phi) is 4.12. The number of ether oxygens (including phenoxy) is 1. The van der Waals surface area contributed by atoms with E-state index in [1.165, 1.54) is 24.3 Å². The highest BCUT2D eigenvalue weighted by atomic mass is 35.5. The lowest BCUT2D eigenvalue weighted by molar-refractivity contribution is -0.307. The van der Waals surface area contributed by atoms with Gasteiger partial charge < -0.3 is 14.6 Å². The first-order valence-electron chi connectivity index (χ1n) is 4.15. The van der Waals surface area contributed by atoms with E-state index < -0.39 is 12.6 Å². The van der Waals surface area contributed by atoms with Gasteiger partial charge in [-0.2, -0.15) is 0 Å². The zero-order valence-corrected chi connectivity index (χ0v) is 8.49. The second kappa shape index (κ2) is 5.36. The Morgan fingerprint density at radius 3 is 2.33 bits per heavy atom. The second-order valence-corrected chi connectivity index (χ2v) is 3.01. The summed E-state index contributed by atoms with van der Waals surface area (Å²) in [4.78, 5) is 21.2. The summed E-state index contributed by atoms with van der Waals surface area (Å²) in [6.07, 6.45) is 0. The van der Waals surface area contributed by atoms with Crippen LogP contribution in [0.15, 0.2) is 24.3 Å². The van der Waals surface area contributed by atoms with E-state index in [-0.39, 0.29) is 11.7 Å².